The summed E-state index contributed by atoms with van der Waals surface area (Å²) in [5.41, 5.74) is 3.32. The van der Waals surface area contributed by atoms with Crippen LogP contribution < -0.4 is 4.90 Å². The number of carbonyl (C=O) groups excluding carboxylic acids is 2. The summed E-state index contributed by atoms with van der Waals surface area (Å²) in [6, 6.07) is 10.6. The number of rotatable bonds is 3. The number of benzene rings is 2. The quantitative estimate of drug-likeness (QED) is 0.549. The summed E-state index contributed by atoms with van der Waals surface area (Å²) in [5, 5.41) is 1.84. The number of halogens is 2. The van der Waals surface area contributed by atoms with E-state index in [1.807, 2.05) is 26.0 Å². The molecule has 2 amide bonds. The molecule has 0 radical (unpaired) electrons. The SMILES string of the molecule is CCc1ccc(Cl)c(CC)c1N1C(=O)c2cc3ccc(Cl)cc3nc2C1=O. The number of hydrogen-bond donors (Lipinski definition) is 0. The van der Waals surface area contributed by atoms with E-state index in [0.29, 0.717) is 39.7 Å². The molecule has 2 aromatic carbocycles. The Balaban J connectivity index is 1.94. The molecule has 0 fully saturated rings. The molecule has 6 heteroatoms. The average molecular weight is 399 g/mol. The van der Waals surface area contributed by atoms with Crippen LogP contribution in [0.4, 0.5) is 5.69 Å². The van der Waals surface area contributed by atoms with E-state index in [2.05, 4.69) is 4.98 Å². The minimum absolute atomic E-state index is 0.152. The van der Waals surface area contributed by atoms with Gasteiger partial charge in [-0.25, -0.2) is 9.88 Å². The number of nitrogens with zero attached hydrogens (tertiary/aromatic N) is 2. The third-order valence-corrected chi connectivity index (χ3v) is 5.48. The molecule has 0 atom stereocenters. The molecule has 27 heavy (non-hydrogen) atoms. The second-order valence-corrected chi connectivity index (χ2v) is 7.25. The van der Waals surface area contributed by atoms with Gasteiger partial charge in [-0.15, -0.1) is 0 Å². The van der Waals surface area contributed by atoms with Gasteiger partial charge in [-0.3, -0.25) is 9.59 Å². The average Bonchev–Trinajstić information content (AvgIpc) is 2.89. The fourth-order valence-electron chi connectivity index (χ4n) is 3.55. The number of anilines is 1. The first-order valence-corrected chi connectivity index (χ1v) is 9.51. The molecule has 0 aliphatic carbocycles. The highest BCUT2D eigenvalue weighted by Gasteiger charge is 2.40. The van der Waals surface area contributed by atoms with Crippen LogP contribution >= 0.6 is 23.2 Å². The summed E-state index contributed by atoms with van der Waals surface area (Å²) in [7, 11) is 0. The standard InChI is InChI=1S/C21H16Cl2N2O2/c1-3-11-6-8-16(23)14(4-2)19(11)25-20(26)15-9-12-5-7-13(22)10-17(12)24-18(15)21(25)27/h5-10H,3-4H2,1-2H3. The topological polar surface area (TPSA) is 50.3 Å². The third kappa shape index (κ3) is 2.71. The van der Waals surface area contributed by atoms with Crippen LogP contribution in [0.1, 0.15) is 45.8 Å². The molecule has 1 aliphatic rings. The molecule has 4 nitrogen and oxygen atoms in total. The van der Waals surface area contributed by atoms with Gasteiger partial charge in [0.2, 0.25) is 0 Å². The molecule has 0 N–H and O–H groups in total. The Morgan fingerprint density at radius 2 is 1.74 bits per heavy atom. The van der Waals surface area contributed by atoms with Crippen LogP contribution in [0.2, 0.25) is 10.0 Å². The summed E-state index contributed by atoms with van der Waals surface area (Å²) < 4.78 is 0. The van der Waals surface area contributed by atoms with Crippen molar-refractivity contribution in [3.8, 4) is 0 Å². The lowest BCUT2D eigenvalue weighted by Crippen LogP contribution is -2.31. The van der Waals surface area contributed by atoms with Crippen LogP contribution in [-0.4, -0.2) is 16.8 Å². The Morgan fingerprint density at radius 1 is 0.963 bits per heavy atom. The number of fused-ring (bicyclic) bond motifs is 2. The molecule has 0 spiro atoms. The fraction of sp³-hybridized carbons (Fsp3) is 0.190. The number of hydrogen-bond acceptors (Lipinski definition) is 3. The van der Waals surface area contributed by atoms with Crippen molar-refractivity contribution in [1.29, 1.82) is 0 Å². The molecule has 0 saturated carbocycles. The van der Waals surface area contributed by atoms with Gasteiger partial charge in [0.25, 0.3) is 11.8 Å². The van der Waals surface area contributed by atoms with Gasteiger partial charge in [0, 0.05) is 15.4 Å². The highest BCUT2D eigenvalue weighted by atomic mass is 35.5. The van der Waals surface area contributed by atoms with Crippen LogP contribution in [0.25, 0.3) is 10.9 Å². The zero-order valence-corrected chi connectivity index (χ0v) is 16.4. The molecule has 1 aliphatic heterocycles. The number of aromatic nitrogens is 1. The first-order valence-electron chi connectivity index (χ1n) is 8.75. The molecule has 4 rings (SSSR count). The van der Waals surface area contributed by atoms with E-state index in [-0.39, 0.29) is 11.6 Å². The normalized spacial score (nSPS) is 13.6. The largest absolute Gasteiger partial charge is 0.284 e. The van der Waals surface area contributed by atoms with Crippen molar-refractivity contribution in [2.75, 3.05) is 4.90 Å². The highest BCUT2D eigenvalue weighted by molar-refractivity contribution is 6.36. The minimum Gasteiger partial charge on any atom is -0.268 e. The van der Waals surface area contributed by atoms with Crippen molar-refractivity contribution in [3.05, 3.63) is 68.8 Å². The Kier molecular flexibility index (Phi) is 4.41. The van der Waals surface area contributed by atoms with Crippen LogP contribution in [0.5, 0.6) is 0 Å². The zero-order chi connectivity index (χ0) is 19.3. The number of carbonyl (C=O) groups is 2. The molecular weight excluding hydrogens is 383 g/mol. The van der Waals surface area contributed by atoms with Crippen molar-refractivity contribution in [2.45, 2.75) is 26.7 Å². The Morgan fingerprint density at radius 3 is 2.44 bits per heavy atom. The Labute approximate surface area is 166 Å². The van der Waals surface area contributed by atoms with Crippen molar-refractivity contribution < 1.29 is 9.59 Å². The van der Waals surface area contributed by atoms with Gasteiger partial charge in [-0.05, 0) is 48.2 Å². The highest BCUT2D eigenvalue weighted by Crippen LogP contribution is 2.37. The maximum atomic E-state index is 13.2. The lowest BCUT2D eigenvalue weighted by atomic mass is 10.0. The third-order valence-electron chi connectivity index (χ3n) is 4.89. The Bertz CT molecular complexity index is 1120. The molecule has 0 bridgehead atoms. The summed E-state index contributed by atoms with van der Waals surface area (Å²) in [6.07, 6.45) is 1.29. The molecule has 0 saturated heterocycles. The molecule has 136 valence electrons. The summed E-state index contributed by atoms with van der Waals surface area (Å²) in [4.78, 5) is 32.0. The van der Waals surface area contributed by atoms with Gasteiger partial charge >= 0.3 is 0 Å². The summed E-state index contributed by atoms with van der Waals surface area (Å²) in [5.74, 6) is -0.797. The molecule has 3 aromatic rings. The molecule has 0 unspecified atom stereocenters. The first kappa shape index (κ1) is 18.0. The summed E-state index contributed by atoms with van der Waals surface area (Å²) >= 11 is 12.4. The van der Waals surface area contributed by atoms with Crippen molar-refractivity contribution >= 4 is 51.6 Å². The number of aryl methyl sites for hydroxylation is 1. The van der Waals surface area contributed by atoms with E-state index >= 15 is 0 Å². The van der Waals surface area contributed by atoms with E-state index in [1.54, 1.807) is 24.3 Å². The van der Waals surface area contributed by atoms with Crippen LogP contribution in [-0.2, 0) is 12.8 Å². The predicted molar refractivity (Wildman–Crippen MR) is 108 cm³/mol. The van der Waals surface area contributed by atoms with Crippen molar-refractivity contribution in [2.24, 2.45) is 0 Å². The minimum atomic E-state index is -0.427. The zero-order valence-electron chi connectivity index (χ0n) is 14.8. The number of amides is 2. The molecule has 1 aromatic heterocycles. The van der Waals surface area contributed by atoms with E-state index in [0.717, 1.165) is 16.5 Å². The lowest BCUT2D eigenvalue weighted by molar-refractivity contribution is 0.0924. The maximum Gasteiger partial charge on any atom is 0.284 e. The van der Waals surface area contributed by atoms with Gasteiger partial charge in [0.1, 0.15) is 5.69 Å². The van der Waals surface area contributed by atoms with Gasteiger partial charge in [-0.2, -0.15) is 0 Å². The Hall–Kier alpha value is -2.43. The second kappa shape index (κ2) is 6.63. The van der Waals surface area contributed by atoms with E-state index in [4.69, 9.17) is 23.2 Å². The van der Waals surface area contributed by atoms with Crippen LogP contribution in [0.15, 0.2) is 36.4 Å². The predicted octanol–water partition coefficient (Wildman–Crippen LogP) is 5.47. The van der Waals surface area contributed by atoms with E-state index in [1.165, 1.54) is 4.90 Å². The summed E-state index contributed by atoms with van der Waals surface area (Å²) in [6.45, 7) is 3.94. The monoisotopic (exact) mass is 398 g/mol. The van der Waals surface area contributed by atoms with Crippen molar-refractivity contribution in [3.63, 3.8) is 0 Å². The lowest BCUT2D eigenvalue weighted by Gasteiger charge is -2.22. The van der Waals surface area contributed by atoms with Gasteiger partial charge in [0.15, 0.2) is 0 Å². The first-order chi connectivity index (χ1) is 13.0. The number of imide groups is 1. The molecular formula is C21H16Cl2N2O2. The van der Waals surface area contributed by atoms with Gasteiger partial charge in [-0.1, -0.05) is 49.2 Å². The second-order valence-electron chi connectivity index (χ2n) is 6.41. The van der Waals surface area contributed by atoms with E-state index < -0.39 is 5.91 Å². The van der Waals surface area contributed by atoms with Crippen molar-refractivity contribution in [1.82, 2.24) is 4.98 Å². The van der Waals surface area contributed by atoms with Gasteiger partial charge < -0.3 is 0 Å². The van der Waals surface area contributed by atoms with Crippen LogP contribution in [0.3, 0.4) is 0 Å². The van der Waals surface area contributed by atoms with E-state index in [9.17, 15) is 9.59 Å². The molecule has 2 heterocycles. The number of pyridine rings is 1. The van der Waals surface area contributed by atoms with Crippen LogP contribution in [0, 0.1) is 0 Å². The van der Waals surface area contributed by atoms with Gasteiger partial charge in [0.05, 0.1) is 16.8 Å². The fourth-order valence-corrected chi connectivity index (χ4v) is 4.00. The smallest absolute Gasteiger partial charge is 0.268 e. The maximum absolute atomic E-state index is 13.2.